The molecule has 19 heavy (non-hydrogen) atoms. The number of rotatable bonds is 4. The average Bonchev–Trinajstić information content (AvgIpc) is 2.41. The second-order valence-electron chi connectivity index (χ2n) is 4.76. The van der Waals surface area contributed by atoms with Crippen molar-refractivity contribution in [3.8, 4) is 0 Å². The number of morpholine rings is 1. The molecule has 0 spiro atoms. The van der Waals surface area contributed by atoms with Crippen molar-refractivity contribution in [3.05, 3.63) is 35.1 Å². The first-order valence-electron chi connectivity index (χ1n) is 6.49. The van der Waals surface area contributed by atoms with Gasteiger partial charge < -0.3 is 15.4 Å². The van der Waals surface area contributed by atoms with Crippen LogP contribution in [0.2, 0.25) is 0 Å². The molecule has 0 saturated carbocycles. The molecule has 1 aromatic rings. The molecule has 1 aliphatic heterocycles. The standard InChI is InChI=1S/C14H19FN2O2/c1-10-2-3-11(6-13(10)15)8-17-14(18)7-12-9-16-4-5-19-12/h2-3,6,12,16H,4-5,7-9H2,1H3,(H,17,18). The molecule has 1 atom stereocenters. The molecule has 2 rings (SSSR count). The summed E-state index contributed by atoms with van der Waals surface area (Å²) in [6, 6.07) is 4.98. The number of aryl methyl sites for hydroxylation is 1. The van der Waals surface area contributed by atoms with E-state index in [2.05, 4.69) is 10.6 Å². The minimum Gasteiger partial charge on any atom is -0.375 e. The molecule has 1 aliphatic rings. The topological polar surface area (TPSA) is 50.4 Å². The molecule has 1 saturated heterocycles. The van der Waals surface area contributed by atoms with Gasteiger partial charge in [0.1, 0.15) is 5.82 Å². The van der Waals surface area contributed by atoms with Gasteiger partial charge in [0.15, 0.2) is 0 Å². The van der Waals surface area contributed by atoms with Crippen molar-refractivity contribution in [1.29, 1.82) is 0 Å². The molecule has 0 bridgehead atoms. The van der Waals surface area contributed by atoms with Crippen LogP contribution < -0.4 is 10.6 Å². The van der Waals surface area contributed by atoms with Crippen molar-refractivity contribution >= 4 is 5.91 Å². The molecular weight excluding hydrogens is 247 g/mol. The zero-order valence-electron chi connectivity index (χ0n) is 11.0. The highest BCUT2D eigenvalue weighted by Gasteiger charge is 2.16. The van der Waals surface area contributed by atoms with E-state index in [1.54, 1.807) is 13.0 Å². The summed E-state index contributed by atoms with van der Waals surface area (Å²) in [5.41, 5.74) is 1.37. The van der Waals surface area contributed by atoms with Crippen LogP contribution in [-0.2, 0) is 16.1 Å². The highest BCUT2D eigenvalue weighted by atomic mass is 19.1. The Labute approximate surface area is 112 Å². The molecule has 1 aromatic carbocycles. The molecule has 0 aliphatic carbocycles. The van der Waals surface area contributed by atoms with Gasteiger partial charge in [-0.1, -0.05) is 12.1 Å². The maximum Gasteiger partial charge on any atom is 0.222 e. The van der Waals surface area contributed by atoms with Gasteiger partial charge in [0.2, 0.25) is 5.91 Å². The molecular formula is C14H19FN2O2. The van der Waals surface area contributed by atoms with Gasteiger partial charge in [0, 0.05) is 19.6 Å². The third-order valence-electron chi connectivity index (χ3n) is 3.14. The fourth-order valence-electron chi connectivity index (χ4n) is 1.98. The van der Waals surface area contributed by atoms with Crippen LogP contribution >= 0.6 is 0 Å². The lowest BCUT2D eigenvalue weighted by atomic mass is 10.1. The van der Waals surface area contributed by atoms with E-state index in [0.717, 1.165) is 12.1 Å². The van der Waals surface area contributed by atoms with E-state index in [1.807, 2.05) is 6.07 Å². The SMILES string of the molecule is Cc1ccc(CNC(=O)CC2CNCCO2)cc1F. The maximum atomic E-state index is 13.3. The van der Waals surface area contributed by atoms with E-state index in [4.69, 9.17) is 4.74 Å². The van der Waals surface area contributed by atoms with Gasteiger partial charge in [-0.05, 0) is 24.1 Å². The quantitative estimate of drug-likeness (QED) is 0.859. The third kappa shape index (κ3) is 4.29. The van der Waals surface area contributed by atoms with Crippen LogP contribution in [0.3, 0.4) is 0 Å². The maximum absolute atomic E-state index is 13.3. The Kier molecular flexibility index (Phi) is 4.87. The average molecular weight is 266 g/mol. The lowest BCUT2D eigenvalue weighted by Gasteiger charge is -2.23. The number of hydrogen-bond donors (Lipinski definition) is 2. The first-order chi connectivity index (χ1) is 9.15. The highest BCUT2D eigenvalue weighted by Crippen LogP contribution is 2.09. The van der Waals surface area contributed by atoms with Gasteiger partial charge in [-0.25, -0.2) is 4.39 Å². The van der Waals surface area contributed by atoms with Crippen LogP contribution in [0.25, 0.3) is 0 Å². The van der Waals surface area contributed by atoms with E-state index in [1.165, 1.54) is 6.07 Å². The minimum atomic E-state index is -0.244. The molecule has 1 fully saturated rings. The molecule has 1 unspecified atom stereocenters. The number of nitrogens with one attached hydrogen (secondary N) is 2. The number of halogens is 1. The Morgan fingerprint density at radius 3 is 3.11 bits per heavy atom. The van der Waals surface area contributed by atoms with Gasteiger partial charge in [-0.15, -0.1) is 0 Å². The van der Waals surface area contributed by atoms with Crippen LogP contribution in [0, 0.1) is 12.7 Å². The molecule has 104 valence electrons. The summed E-state index contributed by atoms with van der Waals surface area (Å²) >= 11 is 0. The van der Waals surface area contributed by atoms with Crippen molar-refractivity contribution in [2.75, 3.05) is 19.7 Å². The number of amides is 1. The van der Waals surface area contributed by atoms with E-state index in [9.17, 15) is 9.18 Å². The number of carbonyl (C=O) groups is 1. The smallest absolute Gasteiger partial charge is 0.222 e. The largest absolute Gasteiger partial charge is 0.375 e. The van der Waals surface area contributed by atoms with Crippen LogP contribution in [0.4, 0.5) is 4.39 Å². The van der Waals surface area contributed by atoms with Gasteiger partial charge in [-0.3, -0.25) is 4.79 Å². The lowest BCUT2D eigenvalue weighted by Crippen LogP contribution is -2.41. The summed E-state index contributed by atoms with van der Waals surface area (Å²) in [5, 5.41) is 5.95. The van der Waals surface area contributed by atoms with Crippen molar-refractivity contribution in [1.82, 2.24) is 10.6 Å². The Hall–Kier alpha value is -1.46. The molecule has 0 aromatic heterocycles. The zero-order chi connectivity index (χ0) is 13.7. The summed E-state index contributed by atoms with van der Waals surface area (Å²) in [7, 11) is 0. The Morgan fingerprint density at radius 2 is 2.42 bits per heavy atom. The van der Waals surface area contributed by atoms with E-state index in [0.29, 0.717) is 31.7 Å². The first-order valence-corrected chi connectivity index (χ1v) is 6.49. The fourth-order valence-corrected chi connectivity index (χ4v) is 1.98. The minimum absolute atomic E-state index is 0.0662. The van der Waals surface area contributed by atoms with Crippen LogP contribution in [0.5, 0.6) is 0 Å². The van der Waals surface area contributed by atoms with Crippen molar-refractivity contribution in [2.24, 2.45) is 0 Å². The third-order valence-corrected chi connectivity index (χ3v) is 3.14. The fraction of sp³-hybridized carbons (Fsp3) is 0.500. The van der Waals surface area contributed by atoms with Gasteiger partial charge >= 0.3 is 0 Å². The Morgan fingerprint density at radius 1 is 1.58 bits per heavy atom. The number of hydrogen-bond acceptors (Lipinski definition) is 3. The summed E-state index contributed by atoms with van der Waals surface area (Å²) in [4.78, 5) is 11.7. The molecule has 0 radical (unpaired) electrons. The lowest BCUT2D eigenvalue weighted by molar-refractivity contribution is -0.124. The first kappa shape index (κ1) is 14.0. The molecule has 2 N–H and O–H groups in total. The summed E-state index contributed by atoms with van der Waals surface area (Å²) in [6.45, 7) is 4.23. The van der Waals surface area contributed by atoms with Gasteiger partial charge in [-0.2, -0.15) is 0 Å². The zero-order valence-corrected chi connectivity index (χ0v) is 11.0. The van der Waals surface area contributed by atoms with Crippen LogP contribution in [0.1, 0.15) is 17.5 Å². The molecule has 1 heterocycles. The van der Waals surface area contributed by atoms with Crippen LogP contribution in [-0.4, -0.2) is 31.7 Å². The Balaban J connectivity index is 1.77. The summed E-state index contributed by atoms with van der Waals surface area (Å²) < 4.78 is 18.8. The number of carbonyl (C=O) groups excluding carboxylic acids is 1. The predicted octanol–water partition coefficient (Wildman–Crippen LogP) is 1.13. The van der Waals surface area contributed by atoms with Crippen molar-refractivity contribution in [2.45, 2.75) is 26.0 Å². The highest BCUT2D eigenvalue weighted by molar-refractivity contribution is 5.76. The Bertz CT molecular complexity index is 445. The van der Waals surface area contributed by atoms with E-state index >= 15 is 0 Å². The molecule has 5 heteroatoms. The molecule has 1 amide bonds. The second kappa shape index (κ2) is 6.63. The summed E-state index contributed by atoms with van der Waals surface area (Å²) in [5.74, 6) is -0.318. The number of ether oxygens (including phenoxy) is 1. The van der Waals surface area contributed by atoms with Crippen molar-refractivity contribution in [3.63, 3.8) is 0 Å². The van der Waals surface area contributed by atoms with E-state index < -0.39 is 0 Å². The normalized spacial score (nSPS) is 19.2. The van der Waals surface area contributed by atoms with Crippen molar-refractivity contribution < 1.29 is 13.9 Å². The van der Waals surface area contributed by atoms with Gasteiger partial charge in [0.05, 0.1) is 19.1 Å². The van der Waals surface area contributed by atoms with E-state index in [-0.39, 0.29) is 17.8 Å². The predicted molar refractivity (Wildman–Crippen MR) is 70.2 cm³/mol. The second-order valence-corrected chi connectivity index (χ2v) is 4.76. The number of benzene rings is 1. The molecule has 4 nitrogen and oxygen atoms in total. The summed E-state index contributed by atoms with van der Waals surface area (Å²) in [6.07, 6.45) is 0.268. The van der Waals surface area contributed by atoms with Crippen LogP contribution in [0.15, 0.2) is 18.2 Å². The monoisotopic (exact) mass is 266 g/mol. The van der Waals surface area contributed by atoms with Gasteiger partial charge in [0.25, 0.3) is 0 Å².